The molecule has 0 saturated carbocycles. The van der Waals surface area contributed by atoms with Crippen LogP contribution in [0.3, 0.4) is 0 Å². The van der Waals surface area contributed by atoms with Crippen LogP contribution in [0.1, 0.15) is 30.1 Å². The Labute approximate surface area is 158 Å². The summed E-state index contributed by atoms with van der Waals surface area (Å²) in [7, 11) is 1.62. The molecule has 6 nitrogen and oxygen atoms in total. The van der Waals surface area contributed by atoms with E-state index in [1.54, 1.807) is 7.11 Å². The Morgan fingerprint density at radius 2 is 1.93 bits per heavy atom. The Kier molecular flexibility index (Phi) is 5.07. The molecule has 2 heterocycles. The van der Waals surface area contributed by atoms with Crippen molar-refractivity contribution in [1.82, 2.24) is 19.7 Å². The molecule has 1 atom stereocenters. The molecular weight excluding hydrogens is 340 g/mol. The number of ether oxygens (including phenoxy) is 1. The molecule has 1 saturated heterocycles. The summed E-state index contributed by atoms with van der Waals surface area (Å²) in [4.78, 5) is 17.8. The molecule has 1 fully saturated rings. The molecule has 0 bridgehead atoms. The van der Waals surface area contributed by atoms with Crippen molar-refractivity contribution in [2.45, 2.75) is 25.3 Å². The SMILES string of the molecule is COc1ccc(-n2nc(C3CCCN(Cc4ccccc4)C3)[nH]c2=O)cc1. The fourth-order valence-electron chi connectivity index (χ4n) is 3.69. The van der Waals surface area contributed by atoms with Crippen LogP contribution < -0.4 is 10.4 Å². The minimum atomic E-state index is -0.199. The molecule has 3 aromatic rings. The predicted molar refractivity (Wildman–Crippen MR) is 104 cm³/mol. The van der Waals surface area contributed by atoms with Crippen LogP contribution in [0.15, 0.2) is 59.4 Å². The molecule has 0 amide bonds. The highest BCUT2D eigenvalue weighted by molar-refractivity contribution is 5.36. The van der Waals surface area contributed by atoms with Crippen LogP contribution in [0.25, 0.3) is 5.69 Å². The molecule has 6 heteroatoms. The molecule has 2 aromatic carbocycles. The van der Waals surface area contributed by atoms with Gasteiger partial charge in [0.25, 0.3) is 0 Å². The largest absolute Gasteiger partial charge is 0.497 e. The summed E-state index contributed by atoms with van der Waals surface area (Å²) in [5, 5.41) is 4.58. The van der Waals surface area contributed by atoms with Crippen molar-refractivity contribution in [3.8, 4) is 11.4 Å². The van der Waals surface area contributed by atoms with E-state index < -0.39 is 0 Å². The molecule has 1 N–H and O–H groups in total. The maximum atomic E-state index is 12.4. The van der Waals surface area contributed by atoms with E-state index in [2.05, 4.69) is 39.2 Å². The number of hydrogen-bond acceptors (Lipinski definition) is 4. The van der Waals surface area contributed by atoms with Crippen LogP contribution in [0, 0.1) is 0 Å². The highest BCUT2D eigenvalue weighted by atomic mass is 16.5. The first-order valence-electron chi connectivity index (χ1n) is 9.33. The average molecular weight is 364 g/mol. The first kappa shape index (κ1) is 17.5. The number of nitrogens with one attached hydrogen (secondary N) is 1. The summed E-state index contributed by atoms with van der Waals surface area (Å²) in [6.45, 7) is 2.92. The van der Waals surface area contributed by atoms with Crippen molar-refractivity contribution in [1.29, 1.82) is 0 Å². The van der Waals surface area contributed by atoms with Crippen molar-refractivity contribution in [3.05, 3.63) is 76.5 Å². The van der Waals surface area contributed by atoms with E-state index in [1.807, 2.05) is 30.3 Å². The molecule has 1 aliphatic rings. The van der Waals surface area contributed by atoms with Crippen molar-refractivity contribution < 1.29 is 4.74 Å². The molecule has 140 valence electrons. The standard InChI is InChI=1S/C21H24N4O2/c1-27-19-11-9-18(10-12-19)25-21(26)22-20(23-25)17-8-5-13-24(15-17)14-16-6-3-2-4-7-16/h2-4,6-7,9-12,17H,5,8,13-15H2,1H3,(H,22,23,26). The van der Waals surface area contributed by atoms with E-state index in [-0.39, 0.29) is 11.6 Å². The summed E-state index contributed by atoms with van der Waals surface area (Å²) in [5.41, 5.74) is 1.85. The number of nitrogens with zero attached hydrogens (tertiary/aromatic N) is 3. The van der Waals surface area contributed by atoms with Crippen molar-refractivity contribution in [2.75, 3.05) is 20.2 Å². The second-order valence-corrected chi connectivity index (χ2v) is 6.99. The monoisotopic (exact) mass is 364 g/mol. The lowest BCUT2D eigenvalue weighted by molar-refractivity contribution is 0.196. The lowest BCUT2D eigenvalue weighted by Crippen LogP contribution is -2.34. The number of hydrogen-bond donors (Lipinski definition) is 1. The van der Waals surface area contributed by atoms with Crippen molar-refractivity contribution in [2.24, 2.45) is 0 Å². The maximum Gasteiger partial charge on any atom is 0.348 e. The minimum Gasteiger partial charge on any atom is -0.497 e. The van der Waals surface area contributed by atoms with Crippen molar-refractivity contribution >= 4 is 0 Å². The van der Waals surface area contributed by atoms with E-state index >= 15 is 0 Å². The van der Waals surface area contributed by atoms with Crippen LogP contribution in [-0.4, -0.2) is 39.9 Å². The molecule has 1 aliphatic heterocycles. The van der Waals surface area contributed by atoms with Gasteiger partial charge in [-0.15, -0.1) is 5.10 Å². The van der Waals surface area contributed by atoms with Gasteiger partial charge in [0, 0.05) is 19.0 Å². The number of methoxy groups -OCH3 is 1. The van der Waals surface area contributed by atoms with Crippen LogP contribution in [0.2, 0.25) is 0 Å². The zero-order valence-corrected chi connectivity index (χ0v) is 15.5. The number of H-pyrrole nitrogens is 1. The summed E-state index contributed by atoms with van der Waals surface area (Å²) >= 11 is 0. The molecule has 4 rings (SSSR count). The Hall–Kier alpha value is -2.86. The van der Waals surface area contributed by atoms with E-state index in [4.69, 9.17) is 4.74 Å². The first-order valence-corrected chi connectivity index (χ1v) is 9.33. The van der Waals surface area contributed by atoms with Gasteiger partial charge in [0.15, 0.2) is 0 Å². The molecule has 1 unspecified atom stereocenters. The fraction of sp³-hybridized carbons (Fsp3) is 0.333. The predicted octanol–water partition coefficient (Wildman–Crippen LogP) is 2.95. The van der Waals surface area contributed by atoms with Crippen molar-refractivity contribution in [3.63, 3.8) is 0 Å². The lowest BCUT2D eigenvalue weighted by atomic mass is 9.97. The number of piperidine rings is 1. The smallest absolute Gasteiger partial charge is 0.348 e. The minimum absolute atomic E-state index is 0.199. The lowest BCUT2D eigenvalue weighted by Gasteiger charge is -2.31. The van der Waals surface area contributed by atoms with Gasteiger partial charge in [-0.3, -0.25) is 9.88 Å². The van der Waals surface area contributed by atoms with Crippen LogP contribution in [0.4, 0.5) is 0 Å². The topological polar surface area (TPSA) is 63.1 Å². The Morgan fingerprint density at radius 3 is 2.67 bits per heavy atom. The second-order valence-electron chi connectivity index (χ2n) is 6.99. The third-order valence-electron chi connectivity index (χ3n) is 5.09. The third-order valence-corrected chi connectivity index (χ3v) is 5.09. The van der Waals surface area contributed by atoms with E-state index in [0.717, 1.165) is 49.7 Å². The Bertz CT molecular complexity index is 931. The zero-order chi connectivity index (χ0) is 18.6. The number of likely N-dealkylation sites (tertiary alicyclic amines) is 1. The highest BCUT2D eigenvalue weighted by Crippen LogP contribution is 2.25. The highest BCUT2D eigenvalue weighted by Gasteiger charge is 2.25. The van der Waals surface area contributed by atoms with Crippen LogP contribution in [-0.2, 0) is 6.54 Å². The van der Waals surface area contributed by atoms with Gasteiger partial charge < -0.3 is 4.74 Å². The van der Waals surface area contributed by atoms with Crippen LogP contribution in [0.5, 0.6) is 5.75 Å². The molecule has 27 heavy (non-hydrogen) atoms. The van der Waals surface area contributed by atoms with E-state index in [9.17, 15) is 4.79 Å². The third kappa shape index (κ3) is 3.95. The summed E-state index contributed by atoms with van der Waals surface area (Å²) < 4.78 is 6.61. The van der Waals surface area contributed by atoms with Gasteiger partial charge in [-0.25, -0.2) is 4.79 Å². The summed E-state index contributed by atoms with van der Waals surface area (Å²) in [6, 6.07) is 17.8. The van der Waals surface area contributed by atoms with Gasteiger partial charge >= 0.3 is 5.69 Å². The quantitative estimate of drug-likeness (QED) is 0.756. The average Bonchev–Trinajstić information content (AvgIpc) is 3.11. The number of rotatable bonds is 5. The summed E-state index contributed by atoms with van der Waals surface area (Å²) in [6.07, 6.45) is 2.15. The van der Waals surface area contributed by atoms with Gasteiger partial charge in [-0.1, -0.05) is 30.3 Å². The summed E-state index contributed by atoms with van der Waals surface area (Å²) in [5.74, 6) is 1.77. The van der Waals surface area contributed by atoms with E-state index in [1.165, 1.54) is 10.2 Å². The number of aromatic nitrogens is 3. The van der Waals surface area contributed by atoms with Crippen LogP contribution >= 0.6 is 0 Å². The van der Waals surface area contributed by atoms with E-state index in [0.29, 0.717) is 0 Å². The molecule has 1 aromatic heterocycles. The van der Waals surface area contributed by atoms with Gasteiger partial charge in [0.05, 0.1) is 12.8 Å². The Morgan fingerprint density at radius 1 is 1.15 bits per heavy atom. The number of aromatic amines is 1. The zero-order valence-electron chi connectivity index (χ0n) is 15.5. The van der Waals surface area contributed by atoms with Gasteiger partial charge in [-0.05, 0) is 49.2 Å². The van der Waals surface area contributed by atoms with Gasteiger partial charge in [0.1, 0.15) is 11.6 Å². The first-order chi connectivity index (χ1) is 13.2. The second kappa shape index (κ2) is 7.80. The maximum absolute atomic E-state index is 12.4. The molecule has 0 aliphatic carbocycles. The number of benzene rings is 2. The Balaban J connectivity index is 1.50. The normalized spacial score (nSPS) is 17.7. The molecule has 0 radical (unpaired) electrons. The molecular formula is C21H24N4O2. The molecule has 0 spiro atoms. The van der Waals surface area contributed by atoms with Gasteiger partial charge in [0.2, 0.25) is 0 Å². The fourth-order valence-corrected chi connectivity index (χ4v) is 3.69. The van der Waals surface area contributed by atoms with Gasteiger partial charge in [-0.2, -0.15) is 4.68 Å².